The van der Waals surface area contributed by atoms with Gasteiger partial charge in [0, 0.05) is 27.4 Å². The fourth-order valence-electron chi connectivity index (χ4n) is 2.33. The van der Waals surface area contributed by atoms with Crippen molar-refractivity contribution in [3.63, 3.8) is 0 Å². The van der Waals surface area contributed by atoms with Crippen LogP contribution in [-0.2, 0) is 24.4 Å². The fraction of sp³-hybridized carbons (Fsp3) is 0.625. The van der Waals surface area contributed by atoms with E-state index in [-0.39, 0.29) is 0 Å². The lowest BCUT2D eigenvalue weighted by atomic mass is 10.1. The average Bonchev–Trinajstić information content (AvgIpc) is 3.39. The zero-order chi connectivity index (χ0) is 15.8. The van der Waals surface area contributed by atoms with E-state index in [0.29, 0.717) is 12.7 Å². The van der Waals surface area contributed by atoms with Crippen molar-refractivity contribution in [3.05, 3.63) is 29.8 Å². The third-order valence-corrected chi connectivity index (χ3v) is 6.72. The van der Waals surface area contributed by atoms with Gasteiger partial charge in [0.2, 0.25) is 0 Å². The summed E-state index contributed by atoms with van der Waals surface area (Å²) in [5, 5.41) is 0. The highest BCUT2D eigenvalue weighted by Gasteiger charge is 2.36. The third kappa shape index (κ3) is 5.37. The lowest BCUT2D eigenvalue weighted by molar-refractivity contribution is 0.123. The van der Waals surface area contributed by atoms with Crippen molar-refractivity contribution in [2.45, 2.75) is 31.4 Å². The van der Waals surface area contributed by atoms with Crippen molar-refractivity contribution in [1.29, 1.82) is 0 Å². The van der Waals surface area contributed by atoms with Gasteiger partial charge in [-0.3, -0.25) is 0 Å². The number of epoxide rings is 1. The molecule has 1 aliphatic rings. The number of hydrogen-bond acceptors (Lipinski definition) is 5. The molecule has 0 saturated carbocycles. The number of benzene rings is 1. The zero-order valence-electron chi connectivity index (χ0n) is 13.7. The number of rotatable bonds is 11. The van der Waals surface area contributed by atoms with Gasteiger partial charge in [0.15, 0.2) is 0 Å². The molecule has 1 aliphatic heterocycles. The number of unbranched alkanes of at least 4 members (excludes halogenated alkanes) is 1. The van der Waals surface area contributed by atoms with Crippen molar-refractivity contribution in [2.75, 3.05) is 34.5 Å². The number of ether oxygens (including phenoxy) is 2. The molecule has 0 spiro atoms. The maximum Gasteiger partial charge on any atom is 0.500 e. The first-order valence-corrected chi connectivity index (χ1v) is 9.63. The van der Waals surface area contributed by atoms with E-state index in [2.05, 4.69) is 12.1 Å². The summed E-state index contributed by atoms with van der Waals surface area (Å²) in [6, 6.07) is 9.14. The lowest BCUT2D eigenvalue weighted by Gasteiger charge is -2.24. The van der Waals surface area contributed by atoms with Gasteiger partial charge in [-0.1, -0.05) is 12.1 Å². The Kier molecular flexibility index (Phi) is 6.85. The first kappa shape index (κ1) is 17.4. The van der Waals surface area contributed by atoms with E-state index in [0.717, 1.165) is 37.7 Å². The Morgan fingerprint density at radius 1 is 1.05 bits per heavy atom. The summed E-state index contributed by atoms with van der Waals surface area (Å²) in [6.45, 7) is 1.48. The van der Waals surface area contributed by atoms with Crippen LogP contribution in [0.1, 0.15) is 18.4 Å². The van der Waals surface area contributed by atoms with Crippen LogP contribution >= 0.6 is 0 Å². The van der Waals surface area contributed by atoms with Crippen LogP contribution < -0.4 is 4.74 Å². The third-order valence-electron chi connectivity index (χ3n) is 3.89. The van der Waals surface area contributed by atoms with Gasteiger partial charge >= 0.3 is 8.80 Å². The molecule has 0 N–H and O–H groups in total. The smallest absolute Gasteiger partial charge is 0.491 e. The Bertz CT molecular complexity index is 420. The molecule has 1 aromatic rings. The summed E-state index contributed by atoms with van der Waals surface area (Å²) in [4.78, 5) is 0. The van der Waals surface area contributed by atoms with Gasteiger partial charge in [0.1, 0.15) is 18.5 Å². The molecule has 0 aromatic heterocycles. The van der Waals surface area contributed by atoms with Crippen molar-refractivity contribution >= 4 is 8.80 Å². The molecule has 1 heterocycles. The van der Waals surface area contributed by atoms with Gasteiger partial charge in [0.05, 0.1) is 6.61 Å². The Hall–Kier alpha value is -0.923. The van der Waals surface area contributed by atoms with Gasteiger partial charge in [-0.05, 0) is 37.0 Å². The van der Waals surface area contributed by atoms with E-state index in [1.54, 1.807) is 21.3 Å². The van der Waals surface area contributed by atoms with Crippen LogP contribution in [0.4, 0.5) is 0 Å². The fourth-order valence-corrected chi connectivity index (χ4v) is 4.13. The van der Waals surface area contributed by atoms with Crippen LogP contribution in [0.25, 0.3) is 0 Å². The molecule has 124 valence electrons. The van der Waals surface area contributed by atoms with Gasteiger partial charge in [-0.15, -0.1) is 0 Å². The minimum atomic E-state index is -2.41. The van der Waals surface area contributed by atoms with Crippen LogP contribution in [0.5, 0.6) is 5.75 Å². The van der Waals surface area contributed by atoms with Crippen LogP contribution in [0.3, 0.4) is 0 Å². The van der Waals surface area contributed by atoms with E-state index < -0.39 is 8.80 Å². The molecule has 22 heavy (non-hydrogen) atoms. The van der Waals surface area contributed by atoms with E-state index in [4.69, 9.17) is 22.8 Å². The minimum absolute atomic E-state index is 0.298. The molecule has 1 fully saturated rings. The number of hydrogen-bond donors (Lipinski definition) is 0. The van der Waals surface area contributed by atoms with Gasteiger partial charge in [-0.25, -0.2) is 0 Å². The van der Waals surface area contributed by atoms with E-state index >= 15 is 0 Å². The summed E-state index contributed by atoms with van der Waals surface area (Å²) in [7, 11) is 2.56. The molecular weight excluding hydrogens is 300 g/mol. The molecule has 1 atom stereocenters. The lowest BCUT2D eigenvalue weighted by Crippen LogP contribution is -2.42. The van der Waals surface area contributed by atoms with Gasteiger partial charge in [0.25, 0.3) is 0 Å². The Balaban J connectivity index is 1.67. The molecule has 0 radical (unpaired) electrons. The molecule has 5 nitrogen and oxygen atoms in total. The molecule has 2 rings (SSSR count). The first-order chi connectivity index (χ1) is 10.7. The second kappa shape index (κ2) is 8.64. The Morgan fingerprint density at radius 2 is 1.68 bits per heavy atom. The molecule has 0 bridgehead atoms. The zero-order valence-corrected chi connectivity index (χ0v) is 14.7. The molecule has 1 aromatic carbocycles. The minimum Gasteiger partial charge on any atom is -0.491 e. The van der Waals surface area contributed by atoms with Crippen LogP contribution in [0.15, 0.2) is 24.3 Å². The summed E-state index contributed by atoms with van der Waals surface area (Å²) in [5.41, 5.74) is 1.31. The summed E-state index contributed by atoms with van der Waals surface area (Å²) in [5.74, 6) is 0.906. The van der Waals surface area contributed by atoms with Crippen molar-refractivity contribution < 1.29 is 22.8 Å². The van der Waals surface area contributed by atoms with Crippen molar-refractivity contribution in [1.82, 2.24) is 0 Å². The van der Waals surface area contributed by atoms with E-state index in [9.17, 15) is 0 Å². The maximum absolute atomic E-state index is 5.63. The SMILES string of the molecule is CO[Si](CCCCc1ccc(OCC2CO2)cc1)(OC)OC. The molecule has 0 aliphatic carbocycles. The normalized spacial score (nSPS) is 17.5. The summed E-state index contributed by atoms with van der Waals surface area (Å²) in [6.07, 6.45) is 3.44. The monoisotopic (exact) mass is 326 g/mol. The second-order valence-corrected chi connectivity index (χ2v) is 8.50. The molecule has 1 unspecified atom stereocenters. The summed E-state index contributed by atoms with van der Waals surface area (Å²) >= 11 is 0. The topological polar surface area (TPSA) is 49.5 Å². The largest absolute Gasteiger partial charge is 0.500 e. The molecule has 6 heteroatoms. The highest BCUT2D eigenvalue weighted by Crippen LogP contribution is 2.19. The molecular formula is C16H26O5Si. The highest BCUT2D eigenvalue weighted by molar-refractivity contribution is 6.60. The van der Waals surface area contributed by atoms with Crippen LogP contribution in [-0.4, -0.2) is 49.5 Å². The van der Waals surface area contributed by atoms with Gasteiger partial charge < -0.3 is 22.8 Å². The van der Waals surface area contributed by atoms with Crippen LogP contribution in [0, 0.1) is 0 Å². The number of aryl methyl sites for hydroxylation is 1. The quantitative estimate of drug-likeness (QED) is 0.355. The predicted octanol–water partition coefficient (Wildman–Crippen LogP) is 2.67. The standard InChI is InChI=1S/C16H26O5Si/c1-17-22(18-2,19-3)11-5-4-6-14-7-9-15(10-8-14)20-12-16-13-21-16/h7-10,16H,4-6,11-13H2,1-3H3. The van der Waals surface area contributed by atoms with E-state index in [1.165, 1.54) is 5.56 Å². The Morgan fingerprint density at radius 3 is 2.23 bits per heavy atom. The van der Waals surface area contributed by atoms with E-state index in [1.807, 2.05) is 12.1 Å². The maximum atomic E-state index is 5.63. The van der Waals surface area contributed by atoms with Crippen molar-refractivity contribution in [3.8, 4) is 5.75 Å². The highest BCUT2D eigenvalue weighted by atomic mass is 28.4. The second-order valence-electron chi connectivity index (χ2n) is 5.41. The Labute approximate surface area is 133 Å². The molecule has 0 amide bonds. The van der Waals surface area contributed by atoms with Gasteiger partial charge in [-0.2, -0.15) is 0 Å². The average molecular weight is 326 g/mol. The predicted molar refractivity (Wildman–Crippen MR) is 86.2 cm³/mol. The van der Waals surface area contributed by atoms with Crippen molar-refractivity contribution in [2.24, 2.45) is 0 Å². The summed E-state index contributed by atoms with van der Waals surface area (Å²) < 4.78 is 27.0. The first-order valence-electron chi connectivity index (χ1n) is 7.70. The van der Waals surface area contributed by atoms with Crippen LogP contribution in [0.2, 0.25) is 6.04 Å². The molecule has 1 saturated heterocycles.